The number of nitrogen functional groups attached to an aromatic ring is 1. The van der Waals surface area contributed by atoms with Gasteiger partial charge in [-0.15, -0.1) is 0 Å². The maximum Gasteiger partial charge on any atom is 0.405 e. The molecule has 9 heteroatoms. The van der Waals surface area contributed by atoms with Gasteiger partial charge >= 0.3 is 6.18 Å². The van der Waals surface area contributed by atoms with Crippen LogP contribution in [-0.2, 0) is 9.59 Å². The standard InChI is InChI=1S/C12H12F3N3O3/c13-12(14,15)6-17-10(19)4-18-8-2-1-7(16)3-9(8)21-5-11(18)20/h1-3H,4-6,16H2,(H,17,19). The van der Waals surface area contributed by atoms with E-state index >= 15 is 0 Å². The van der Waals surface area contributed by atoms with E-state index in [4.69, 9.17) is 10.5 Å². The first-order valence-corrected chi connectivity index (χ1v) is 5.92. The molecule has 0 spiro atoms. The number of rotatable bonds is 3. The third kappa shape index (κ3) is 3.77. The molecule has 2 rings (SSSR count). The summed E-state index contributed by atoms with van der Waals surface area (Å²) in [5.41, 5.74) is 6.27. The molecule has 1 heterocycles. The fourth-order valence-electron chi connectivity index (χ4n) is 1.79. The highest BCUT2D eigenvalue weighted by atomic mass is 19.4. The van der Waals surface area contributed by atoms with Crippen molar-refractivity contribution in [1.29, 1.82) is 0 Å². The number of fused-ring (bicyclic) bond motifs is 1. The predicted octanol–water partition coefficient (Wildman–Crippen LogP) is 0.673. The van der Waals surface area contributed by atoms with Crippen molar-refractivity contribution in [2.45, 2.75) is 6.18 Å². The molecule has 0 fully saturated rings. The first kappa shape index (κ1) is 14.9. The van der Waals surface area contributed by atoms with Crippen LogP contribution < -0.4 is 20.7 Å². The number of benzene rings is 1. The van der Waals surface area contributed by atoms with Gasteiger partial charge in [-0.2, -0.15) is 13.2 Å². The average molecular weight is 303 g/mol. The molecule has 1 aliphatic rings. The van der Waals surface area contributed by atoms with E-state index in [1.165, 1.54) is 18.2 Å². The number of nitrogens with zero attached hydrogens (tertiary/aromatic N) is 1. The number of carbonyl (C=O) groups is 2. The second-order valence-electron chi connectivity index (χ2n) is 4.39. The Hall–Kier alpha value is -2.45. The van der Waals surface area contributed by atoms with Crippen LogP contribution in [-0.4, -0.2) is 37.7 Å². The topological polar surface area (TPSA) is 84.7 Å². The van der Waals surface area contributed by atoms with Crippen molar-refractivity contribution in [3.8, 4) is 5.75 Å². The van der Waals surface area contributed by atoms with Crippen LogP contribution in [0.5, 0.6) is 5.75 Å². The van der Waals surface area contributed by atoms with Gasteiger partial charge in [-0.3, -0.25) is 14.5 Å². The number of nitrogens with two attached hydrogens (primary N) is 1. The van der Waals surface area contributed by atoms with E-state index in [-0.39, 0.29) is 6.61 Å². The first-order valence-electron chi connectivity index (χ1n) is 5.92. The van der Waals surface area contributed by atoms with E-state index in [9.17, 15) is 22.8 Å². The Kier molecular flexibility index (Phi) is 3.92. The van der Waals surface area contributed by atoms with Gasteiger partial charge in [-0.25, -0.2) is 0 Å². The van der Waals surface area contributed by atoms with E-state index in [1.807, 2.05) is 0 Å². The van der Waals surface area contributed by atoms with E-state index in [0.717, 1.165) is 4.90 Å². The molecule has 0 saturated heterocycles. The van der Waals surface area contributed by atoms with E-state index in [2.05, 4.69) is 0 Å². The molecule has 0 bridgehead atoms. The minimum Gasteiger partial charge on any atom is -0.481 e. The summed E-state index contributed by atoms with van der Waals surface area (Å²) in [6.07, 6.45) is -4.50. The van der Waals surface area contributed by atoms with Gasteiger partial charge in [0.1, 0.15) is 18.8 Å². The largest absolute Gasteiger partial charge is 0.481 e. The summed E-state index contributed by atoms with van der Waals surface area (Å²) < 4.78 is 41.2. The van der Waals surface area contributed by atoms with E-state index in [1.54, 1.807) is 5.32 Å². The van der Waals surface area contributed by atoms with E-state index in [0.29, 0.717) is 17.1 Å². The lowest BCUT2D eigenvalue weighted by molar-refractivity contribution is -0.138. The van der Waals surface area contributed by atoms with Gasteiger partial charge < -0.3 is 15.8 Å². The van der Waals surface area contributed by atoms with Crippen LogP contribution in [0.2, 0.25) is 0 Å². The van der Waals surface area contributed by atoms with Gasteiger partial charge in [-0.1, -0.05) is 0 Å². The minimum atomic E-state index is -4.50. The number of hydrogen-bond donors (Lipinski definition) is 2. The summed E-state index contributed by atoms with van der Waals surface area (Å²) in [5.74, 6) is -1.13. The molecule has 0 atom stereocenters. The number of alkyl halides is 3. The quantitative estimate of drug-likeness (QED) is 0.804. The number of halogens is 3. The number of hydrogen-bond acceptors (Lipinski definition) is 4. The lowest BCUT2D eigenvalue weighted by atomic mass is 10.2. The van der Waals surface area contributed by atoms with Crippen molar-refractivity contribution < 1.29 is 27.5 Å². The molecule has 114 valence electrons. The highest BCUT2D eigenvalue weighted by Gasteiger charge is 2.30. The minimum absolute atomic E-state index is 0.294. The van der Waals surface area contributed by atoms with Crippen LogP contribution in [0.4, 0.5) is 24.5 Å². The van der Waals surface area contributed by atoms with Gasteiger partial charge in [0.25, 0.3) is 5.91 Å². The van der Waals surface area contributed by atoms with Crippen LogP contribution >= 0.6 is 0 Å². The lowest BCUT2D eigenvalue weighted by Gasteiger charge is -2.29. The smallest absolute Gasteiger partial charge is 0.405 e. The van der Waals surface area contributed by atoms with Crippen molar-refractivity contribution in [3.05, 3.63) is 18.2 Å². The van der Waals surface area contributed by atoms with Crippen LogP contribution in [0.1, 0.15) is 0 Å². The Balaban J connectivity index is 2.09. The maximum absolute atomic E-state index is 12.0. The summed E-state index contributed by atoms with van der Waals surface area (Å²) in [5, 5.41) is 1.71. The predicted molar refractivity (Wildman–Crippen MR) is 67.8 cm³/mol. The third-order valence-electron chi connectivity index (χ3n) is 2.71. The average Bonchev–Trinajstić information content (AvgIpc) is 2.39. The van der Waals surface area contributed by atoms with Gasteiger partial charge in [0.15, 0.2) is 6.61 Å². The summed E-state index contributed by atoms with van der Waals surface area (Å²) in [6.45, 7) is -2.27. The molecule has 1 aromatic rings. The van der Waals surface area contributed by atoms with Gasteiger partial charge in [0, 0.05) is 11.8 Å². The Morgan fingerprint density at radius 1 is 1.43 bits per heavy atom. The molecule has 2 amide bonds. The van der Waals surface area contributed by atoms with Gasteiger partial charge in [0.05, 0.1) is 5.69 Å². The van der Waals surface area contributed by atoms with Crippen molar-refractivity contribution in [2.75, 3.05) is 30.3 Å². The summed E-state index contributed by atoms with van der Waals surface area (Å²) in [4.78, 5) is 24.3. The maximum atomic E-state index is 12.0. The zero-order chi connectivity index (χ0) is 15.6. The molecule has 3 N–H and O–H groups in total. The Bertz CT molecular complexity index is 575. The molecule has 6 nitrogen and oxygen atoms in total. The number of amides is 2. The molecular weight excluding hydrogens is 291 g/mol. The van der Waals surface area contributed by atoms with Crippen molar-refractivity contribution >= 4 is 23.2 Å². The fourth-order valence-corrected chi connectivity index (χ4v) is 1.79. The molecule has 21 heavy (non-hydrogen) atoms. The monoisotopic (exact) mass is 303 g/mol. The van der Waals surface area contributed by atoms with Crippen LogP contribution in [0, 0.1) is 0 Å². The number of nitrogens with one attached hydrogen (secondary N) is 1. The molecule has 0 aromatic heterocycles. The Morgan fingerprint density at radius 2 is 2.14 bits per heavy atom. The third-order valence-corrected chi connectivity index (χ3v) is 2.71. The molecule has 1 aromatic carbocycles. The zero-order valence-corrected chi connectivity index (χ0v) is 10.7. The van der Waals surface area contributed by atoms with Crippen LogP contribution in [0.15, 0.2) is 18.2 Å². The number of ether oxygens (including phenoxy) is 1. The first-order chi connectivity index (χ1) is 9.76. The molecule has 0 radical (unpaired) electrons. The second-order valence-corrected chi connectivity index (χ2v) is 4.39. The Labute approximate surface area is 117 Å². The highest BCUT2D eigenvalue weighted by Crippen LogP contribution is 2.33. The lowest BCUT2D eigenvalue weighted by Crippen LogP contribution is -2.46. The Morgan fingerprint density at radius 3 is 2.81 bits per heavy atom. The van der Waals surface area contributed by atoms with Crippen LogP contribution in [0.25, 0.3) is 0 Å². The molecule has 0 saturated carbocycles. The summed E-state index contributed by atoms with van der Waals surface area (Å²) in [7, 11) is 0. The normalized spacial score (nSPS) is 14.4. The van der Waals surface area contributed by atoms with Gasteiger partial charge in [-0.05, 0) is 12.1 Å². The van der Waals surface area contributed by atoms with Crippen molar-refractivity contribution in [1.82, 2.24) is 5.32 Å². The molecular formula is C12H12F3N3O3. The summed E-state index contributed by atoms with van der Waals surface area (Å²) in [6, 6.07) is 4.45. The van der Waals surface area contributed by atoms with Crippen molar-refractivity contribution in [2.24, 2.45) is 0 Å². The van der Waals surface area contributed by atoms with E-state index < -0.39 is 31.1 Å². The van der Waals surface area contributed by atoms with Gasteiger partial charge in [0.2, 0.25) is 5.91 Å². The zero-order valence-electron chi connectivity index (χ0n) is 10.7. The van der Waals surface area contributed by atoms with Crippen LogP contribution in [0.3, 0.4) is 0 Å². The second kappa shape index (κ2) is 5.51. The number of anilines is 2. The van der Waals surface area contributed by atoms with Crippen molar-refractivity contribution in [3.63, 3.8) is 0 Å². The highest BCUT2D eigenvalue weighted by molar-refractivity contribution is 6.02. The molecule has 0 aliphatic carbocycles. The molecule has 1 aliphatic heterocycles. The fraction of sp³-hybridized carbons (Fsp3) is 0.333. The number of carbonyl (C=O) groups excluding carboxylic acids is 2. The SMILES string of the molecule is Nc1ccc2c(c1)OCC(=O)N2CC(=O)NCC(F)(F)F. The summed E-state index contributed by atoms with van der Waals surface area (Å²) >= 11 is 0. The molecule has 0 unspecified atom stereocenters.